The first-order valence-electron chi connectivity index (χ1n) is 6.48. The number of hydrogen-bond donors (Lipinski definition) is 1. The maximum absolute atomic E-state index is 10.5. The van der Waals surface area contributed by atoms with Crippen molar-refractivity contribution in [2.75, 3.05) is 6.61 Å². The Labute approximate surface area is 117 Å². The van der Waals surface area contributed by atoms with E-state index in [4.69, 9.17) is 4.74 Å². The Kier molecular flexibility index (Phi) is 4.87. The molecule has 5 heteroatoms. The van der Waals surface area contributed by atoms with Crippen LogP contribution in [0.25, 0.3) is 0 Å². The molecular weight excluding hydrogens is 260 g/mol. The molecule has 0 aliphatic heterocycles. The van der Waals surface area contributed by atoms with E-state index in [1.165, 1.54) is 11.5 Å². The first-order valence-corrected chi connectivity index (χ1v) is 7.26. The lowest BCUT2D eigenvalue weighted by Crippen LogP contribution is -2.05. The van der Waals surface area contributed by atoms with Crippen LogP contribution in [0, 0.1) is 0 Å². The predicted molar refractivity (Wildman–Crippen MR) is 75.6 cm³/mol. The van der Waals surface area contributed by atoms with Crippen LogP contribution in [-0.4, -0.2) is 21.3 Å². The molecule has 102 valence electrons. The van der Waals surface area contributed by atoms with E-state index in [1.807, 2.05) is 31.2 Å². The molecule has 0 aliphatic rings. The minimum Gasteiger partial charge on any atom is -0.493 e. The molecule has 2 aromatic rings. The van der Waals surface area contributed by atoms with Gasteiger partial charge in [-0.25, -0.2) is 0 Å². The maximum atomic E-state index is 10.5. The van der Waals surface area contributed by atoms with Crippen LogP contribution >= 0.6 is 11.5 Å². The number of aryl methyl sites for hydroxylation is 1. The van der Waals surface area contributed by atoms with E-state index >= 15 is 0 Å². The summed E-state index contributed by atoms with van der Waals surface area (Å²) in [5, 5.41) is 14.6. The second kappa shape index (κ2) is 6.63. The van der Waals surface area contributed by atoms with Crippen molar-refractivity contribution >= 4 is 11.5 Å². The molecule has 1 N–H and O–H groups in total. The van der Waals surface area contributed by atoms with Crippen LogP contribution in [0.3, 0.4) is 0 Å². The highest BCUT2D eigenvalue weighted by Crippen LogP contribution is 2.33. The third kappa shape index (κ3) is 3.11. The standard InChI is InChI=1S/C14H18N2O2S/c1-3-7-11-14(19-16-15-11)13(17)10-8-5-6-9-12(10)18-4-2/h5-6,8-9,13,17H,3-4,7H2,1-2H3. The molecule has 1 unspecified atom stereocenters. The second-order valence-electron chi connectivity index (χ2n) is 4.21. The lowest BCUT2D eigenvalue weighted by atomic mass is 10.0. The summed E-state index contributed by atoms with van der Waals surface area (Å²) in [6.07, 6.45) is 1.10. The van der Waals surface area contributed by atoms with Gasteiger partial charge in [-0.15, -0.1) is 5.10 Å². The lowest BCUT2D eigenvalue weighted by Gasteiger charge is -2.14. The van der Waals surface area contributed by atoms with Crippen molar-refractivity contribution in [1.82, 2.24) is 9.59 Å². The fourth-order valence-corrected chi connectivity index (χ4v) is 2.67. The van der Waals surface area contributed by atoms with Gasteiger partial charge in [0.15, 0.2) is 0 Å². The number of benzene rings is 1. The highest BCUT2D eigenvalue weighted by Gasteiger charge is 2.21. The Balaban J connectivity index is 2.32. The molecule has 0 radical (unpaired) electrons. The summed E-state index contributed by atoms with van der Waals surface area (Å²) < 4.78 is 9.51. The van der Waals surface area contributed by atoms with Gasteiger partial charge in [0.25, 0.3) is 0 Å². The van der Waals surface area contributed by atoms with Gasteiger partial charge >= 0.3 is 0 Å². The minimum absolute atomic E-state index is 0.576. The van der Waals surface area contributed by atoms with Crippen LogP contribution in [0.4, 0.5) is 0 Å². The van der Waals surface area contributed by atoms with Crippen molar-refractivity contribution in [3.63, 3.8) is 0 Å². The van der Waals surface area contributed by atoms with Gasteiger partial charge < -0.3 is 9.84 Å². The first kappa shape index (κ1) is 14.0. The molecule has 0 aliphatic carbocycles. The average Bonchev–Trinajstić information content (AvgIpc) is 2.88. The molecule has 0 amide bonds. The quantitative estimate of drug-likeness (QED) is 0.882. The molecule has 1 atom stereocenters. The third-order valence-corrected chi connectivity index (χ3v) is 3.65. The van der Waals surface area contributed by atoms with Gasteiger partial charge in [0.05, 0.1) is 17.2 Å². The Morgan fingerprint density at radius 1 is 1.32 bits per heavy atom. The van der Waals surface area contributed by atoms with Crippen molar-refractivity contribution in [2.45, 2.75) is 32.8 Å². The molecule has 1 aromatic carbocycles. The van der Waals surface area contributed by atoms with Crippen LogP contribution in [0.2, 0.25) is 0 Å². The van der Waals surface area contributed by atoms with Crippen LogP contribution in [0.1, 0.15) is 42.5 Å². The molecule has 0 saturated carbocycles. The largest absolute Gasteiger partial charge is 0.493 e. The molecular formula is C14H18N2O2S. The number of aromatic nitrogens is 2. The summed E-state index contributed by atoms with van der Waals surface area (Å²) in [5.41, 5.74) is 1.65. The third-order valence-electron chi connectivity index (χ3n) is 2.83. The number of nitrogens with zero attached hydrogens (tertiary/aromatic N) is 2. The molecule has 0 bridgehead atoms. The monoisotopic (exact) mass is 278 g/mol. The molecule has 0 spiro atoms. The fraction of sp³-hybridized carbons (Fsp3) is 0.429. The van der Waals surface area contributed by atoms with Crippen molar-refractivity contribution in [2.24, 2.45) is 0 Å². The highest BCUT2D eigenvalue weighted by molar-refractivity contribution is 7.05. The normalized spacial score (nSPS) is 12.4. The minimum atomic E-state index is -0.718. The number of aliphatic hydroxyl groups is 1. The van der Waals surface area contributed by atoms with Gasteiger partial charge in [-0.05, 0) is 30.9 Å². The summed E-state index contributed by atoms with van der Waals surface area (Å²) in [7, 11) is 0. The van der Waals surface area contributed by atoms with Gasteiger partial charge in [0.2, 0.25) is 0 Å². The number of para-hydroxylation sites is 1. The Hall–Kier alpha value is -1.46. The predicted octanol–water partition coefficient (Wildman–Crippen LogP) is 2.97. The molecule has 0 fully saturated rings. The van der Waals surface area contributed by atoms with Gasteiger partial charge in [0, 0.05) is 5.56 Å². The smallest absolute Gasteiger partial charge is 0.125 e. The number of hydrogen-bond acceptors (Lipinski definition) is 5. The van der Waals surface area contributed by atoms with E-state index in [-0.39, 0.29) is 0 Å². The lowest BCUT2D eigenvalue weighted by molar-refractivity contribution is 0.214. The summed E-state index contributed by atoms with van der Waals surface area (Å²) in [4.78, 5) is 0.814. The van der Waals surface area contributed by atoms with E-state index in [0.717, 1.165) is 29.0 Å². The van der Waals surface area contributed by atoms with E-state index < -0.39 is 6.10 Å². The fourth-order valence-electron chi connectivity index (χ4n) is 1.97. The summed E-state index contributed by atoms with van der Waals surface area (Å²) >= 11 is 1.25. The molecule has 1 aromatic heterocycles. The van der Waals surface area contributed by atoms with Crippen molar-refractivity contribution in [3.8, 4) is 5.75 Å². The van der Waals surface area contributed by atoms with Gasteiger partial charge in [0.1, 0.15) is 11.9 Å². The first-order chi connectivity index (χ1) is 9.27. The van der Waals surface area contributed by atoms with Crippen molar-refractivity contribution < 1.29 is 9.84 Å². The van der Waals surface area contributed by atoms with E-state index in [9.17, 15) is 5.11 Å². The van der Waals surface area contributed by atoms with Crippen LogP contribution < -0.4 is 4.74 Å². The summed E-state index contributed by atoms with van der Waals surface area (Å²) in [6.45, 7) is 4.59. The Bertz CT molecular complexity index is 528. The molecule has 0 saturated heterocycles. The zero-order chi connectivity index (χ0) is 13.7. The van der Waals surface area contributed by atoms with Crippen LogP contribution in [-0.2, 0) is 6.42 Å². The molecule has 2 rings (SSSR count). The zero-order valence-corrected chi connectivity index (χ0v) is 12.0. The van der Waals surface area contributed by atoms with Gasteiger partial charge in [-0.2, -0.15) is 0 Å². The average molecular weight is 278 g/mol. The molecule has 1 heterocycles. The molecule has 19 heavy (non-hydrogen) atoms. The number of aliphatic hydroxyl groups excluding tert-OH is 1. The van der Waals surface area contributed by atoms with Crippen LogP contribution in [0.15, 0.2) is 24.3 Å². The molecule has 4 nitrogen and oxygen atoms in total. The van der Waals surface area contributed by atoms with Crippen molar-refractivity contribution in [3.05, 3.63) is 40.4 Å². The SMILES string of the molecule is CCCc1nnsc1C(O)c1ccccc1OCC. The topological polar surface area (TPSA) is 55.2 Å². The van der Waals surface area contributed by atoms with E-state index in [0.29, 0.717) is 12.4 Å². The zero-order valence-electron chi connectivity index (χ0n) is 11.2. The van der Waals surface area contributed by atoms with Gasteiger partial charge in [-0.3, -0.25) is 0 Å². The number of rotatable bonds is 6. The van der Waals surface area contributed by atoms with Crippen molar-refractivity contribution in [1.29, 1.82) is 0 Å². The Morgan fingerprint density at radius 2 is 2.11 bits per heavy atom. The number of ether oxygens (including phenoxy) is 1. The van der Waals surface area contributed by atoms with E-state index in [1.54, 1.807) is 0 Å². The highest BCUT2D eigenvalue weighted by atomic mass is 32.1. The van der Waals surface area contributed by atoms with Crippen LogP contribution in [0.5, 0.6) is 5.75 Å². The Morgan fingerprint density at radius 3 is 2.84 bits per heavy atom. The summed E-state index contributed by atoms with van der Waals surface area (Å²) in [5.74, 6) is 0.716. The maximum Gasteiger partial charge on any atom is 0.125 e. The second-order valence-corrected chi connectivity index (χ2v) is 4.99. The van der Waals surface area contributed by atoms with Gasteiger partial charge in [-0.1, -0.05) is 36.0 Å². The van der Waals surface area contributed by atoms with E-state index in [2.05, 4.69) is 16.5 Å². The summed E-state index contributed by atoms with van der Waals surface area (Å²) in [6, 6.07) is 7.55.